The Morgan fingerprint density at radius 1 is 1.03 bits per heavy atom. The molecule has 0 fully saturated rings. The average Bonchev–Trinajstić information content (AvgIpc) is 3.25. The Bertz CT molecular complexity index is 1140. The molecule has 0 radical (unpaired) electrons. The fraction of sp³-hybridized carbons (Fsp3) is 0.308. The van der Waals surface area contributed by atoms with Gasteiger partial charge in [0.15, 0.2) is 0 Å². The van der Waals surface area contributed by atoms with E-state index >= 15 is 0 Å². The second-order valence-electron chi connectivity index (χ2n) is 8.34. The van der Waals surface area contributed by atoms with Crippen molar-refractivity contribution in [2.45, 2.75) is 39.4 Å². The number of hydrogen-bond donors (Lipinski definition) is 0. The fourth-order valence-electron chi connectivity index (χ4n) is 3.70. The van der Waals surface area contributed by atoms with Gasteiger partial charge in [-0.1, -0.05) is 43.3 Å². The Labute approximate surface area is 199 Å². The molecule has 0 saturated carbocycles. The number of benzene rings is 2. The second-order valence-corrected chi connectivity index (χ2v) is 8.34. The van der Waals surface area contributed by atoms with Gasteiger partial charge in [-0.2, -0.15) is 0 Å². The molecule has 3 aromatic rings. The number of amides is 2. The molecule has 0 aliphatic carbocycles. The molecule has 2 aromatic carbocycles. The summed E-state index contributed by atoms with van der Waals surface area (Å²) in [6.45, 7) is 4.50. The Morgan fingerprint density at radius 3 is 2.38 bits per heavy atom. The Kier molecular flexibility index (Phi) is 8.19. The highest BCUT2D eigenvalue weighted by atomic mass is 16.6. The molecule has 34 heavy (non-hydrogen) atoms. The highest BCUT2D eigenvalue weighted by molar-refractivity contribution is 5.97. The van der Waals surface area contributed by atoms with Crippen molar-refractivity contribution in [2.75, 3.05) is 6.54 Å². The van der Waals surface area contributed by atoms with Crippen molar-refractivity contribution >= 4 is 17.5 Å². The molecule has 0 saturated heterocycles. The molecule has 2 amide bonds. The minimum Gasteiger partial charge on any atom is -0.353 e. The third kappa shape index (κ3) is 6.10. The van der Waals surface area contributed by atoms with E-state index in [1.54, 1.807) is 11.0 Å². The smallest absolute Gasteiger partial charge is 0.270 e. The summed E-state index contributed by atoms with van der Waals surface area (Å²) in [6.07, 6.45) is 2.57. The number of carbonyl (C=O) groups excluding carboxylic acids is 2. The molecule has 8 heteroatoms. The number of nitro benzene ring substituents is 1. The average molecular weight is 463 g/mol. The van der Waals surface area contributed by atoms with Gasteiger partial charge in [0.1, 0.15) is 6.54 Å². The van der Waals surface area contributed by atoms with Crippen LogP contribution in [0.4, 0.5) is 5.69 Å². The molecule has 178 valence electrons. The molecular weight excluding hydrogens is 432 g/mol. The van der Waals surface area contributed by atoms with Crippen LogP contribution in [-0.2, 0) is 24.9 Å². The maximum absolute atomic E-state index is 13.5. The minimum atomic E-state index is -0.531. The van der Waals surface area contributed by atoms with Crippen LogP contribution in [0.5, 0.6) is 0 Å². The standard InChI is InChI=1S/C26H30N4O4/c1-4-20(2)29(26(32)22-12-8-13-23(16-22)30(33)34)19-25(31)28(17-21-10-6-5-7-11-21)18-24-14-9-15-27(24)3/h5-16,20H,4,17-19H2,1-3H3. The molecule has 0 N–H and O–H groups in total. The van der Waals surface area contributed by atoms with Gasteiger partial charge in [-0.3, -0.25) is 19.7 Å². The number of rotatable bonds is 10. The first-order valence-corrected chi connectivity index (χ1v) is 11.3. The monoisotopic (exact) mass is 462 g/mol. The van der Waals surface area contributed by atoms with Crippen molar-refractivity contribution in [1.82, 2.24) is 14.4 Å². The van der Waals surface area contributed by atoms with Crippen LogP contribution < -0.4 is 0 Å². The van der Waals surface area contributed by atoms with E-state index in [-0.39, 0.29) is 29.7 Å². The largest absolute Gasteiger partial charge is 0.353 e. The maximum Gasteiger partial charge on any atom is 0.270 e. The fourth-order valence-corrected chi connectivity index (χ4v) is 3.70. The highest BCUT2D eigenvalue weighted by Gasteiger charge is 2.27. The number of carbonyl (C=O) groups is 2. The van der Waals surface area contributed by atoms with E-state index in [0.717, 1.165) is 11.3 Å². The molecule has 8 nitrogen and oxygen atoms in total. The van der Waals surface area contributed by atoms with Crippen molar-refractivity contribution < 1.29 is 14.5 Å². The zero-order valence-electron chi connectivity index (χ0n) is 19.8. The minimum absolute atomic E-state index is 0.117. The van der Waals surface area contributed by atoms with Crippen LogP contribution in [0.2, 0.25) is 0 Å². The van der Waals surface area contributed by atoms with Gasteiger partial charge in [-0.25, -0.2) is 0 Å². The van der Waals surface area contributed by atoms with Crippen molar-refractivity contribution in [3.05, 3.63) is 99.9 Å². The van der Waals surface area contributed by atoms with Crippen LogP contribution in [0.25, 0.3) is 0 Å². The summed E-state index contributed by atoms with van der Waals surface area (Å²) in [7, 11) is 1.93. The molecule has 0 aliphatic heterocycles. The lowest BCUT2D eigenvalue weighted by Crippen LogP contribution is -2.46. The lowest BCUT2D eigenvalue weighted by Gasteiger charge is -2.31. The van der Waals surface area contributed by atoms with Crippen molar-refractivity contribution in [1.29, 1.82) is 0 Å². The molecule has 0 bridgehead atoms. The SMILES string of the molecule is CCC(C)N(CC(=O)N(Cc1ccccc1)Cc1cccn1C)C(=O)c1cccc([N+](=O)[O-])c1. The molecule has 0 spiro atoms. The van der Waals surface area contributed by atoms with E-state index in [0.29, 0.717) is 19.5 Å². The zero-order chi connectivity index (χ0) is 24.7. The van der Waals surface area contributed by atoms with E-state index in [1.165, 1.54) is 23.1 Å². The molecule has 1 heterocycles. The van der Waals surface area contributed by atoms with Crippen LogP contribution in [0.1, 0.15) is 41.9 Å². The number of nitrogens with zero attached hydrogens (tertiary/aromatic N) is 4. The van der Waals surface area contributed by atoms with Crippen LogP contribution in [-0.4, -0.2) is 43.7 Å². The summed E-state index contributed by atoms with van der Waals surface area (Å²) in [5, 5.41) is 11.2. The number of aromatic nitrogens is 1. The summed E-state index contributed by atoms with van der Waals surface area (Å²) in [6, 6.07) is 19.0. The van der Waals surface area contributed by atoms with Gasteiger partial charge in [0.2, 0.25) is 5.91 Å². The van der Waals surface area contributed by atoms with Gasteiger partial charge in [0.25, 0.3) is 11.6 Å². The van der Waals surface area contributed by atoms with E-state index < -0.39 is 10.8 Å². The highest BCUT2D eigenvalue weighted by Crippen LogP contribution is 2.18. The van der Waals surface area contributed by atoms with Crippen molar-refractivity contribution in [3.8, 4) is 0 Å². The first-order chi connectivity index (χ1) is 16.3. The van der Waals surface area contributed by atoms with Gasteiger partial charge in [-0.05, 0) is 37.1 Å². The first-order valence-electron chi connectivity index (χ1n) is 11.3. The van der Waals surface area contributed by atoms with Crippen molar-refractivity contribution in [3.63, 3.8) is 0 Å². The Balaban J connectivity index is 1.87. The van der Waals surface area contributed by atoms with E-state index in [2.05, 4.69) is 0 Å². The van der Waals surface area contributed by atoms with Crippen LogP contribution in [0.15, 0.2) is 72.9 Å². The zero-order valence-corrected chi connectivity index (χ0v) is 19.8. The predicted molar refractivity (Wildman–Crippen MR) is 130 cm³/mol. The van der Waals surface area contributed by atoms with Gasteiger partial charge in [-0.15, -0.1) is 0 Å². The van der Waals surface area contributed by atoms with Crippen LogP contribution in [0.3, 0.4) is 0 Å². The number of non-ortho nitro benzene ring substituents is 1. The van der Waals surface area contributed by atoms with E-state index in [4.69, 9.17) is 0 Å². The number of aryl methyl sites for hydroxylation is 1. The first kappa shape index (κ1) is 24.7. The Hall–Kier alpha value is -3.94. The molecule has 0 aliphatic rings. The molecule has 3 rings (SSSR count). The van der Waals surface area contributed by atoms with Gasteiger partial charge in [0, 0.05) is 49.2 Å². The predicted octanol–water partition coefficient (Wildman–Crippen LogP) is 4.40. The lowest BCUT2D eigenvalue weighted by molar-refractivity contribution is -0.384. The summed E-state index contributed by atoms with van der Waals surface area (Å²) >= 11 is 0. The Morgan fingerprint density at radius 2 is 1.76 bits per heavy atom. The second kappa shape index (κ2) is 11.3. The third-order valence-corrected chi connectivity index (χ3v) is 5.97. The third-order valence-electron chi connectivity index (χ3n) is 5.97. The maximum atomic E-state index is 13.5. The molecule has 1 aromatic heterocycles. The molecular formula is C26H30N4O4. The van der Waals surface area contributed by atoms with Crippen LogP contribution in [0, 0.1) is 10.1 Å². The summed E-state index contributed by atoms with van der Waals surface area (Å²) in [5.41, 5.74) is 2.00. The normalized spacial score (nSPS) is 11.6. The quantitative estimate of drug-likeness (QED) is 0.330. The lowest BCUT2D eigenvalue weighted by atomic mass is 10.1. The summed E-state index contributed by atoms with van der Waals surface area (Å²) in [5.74, 6) is -0.589. The van der Waals surface area contributed by atoms with Gasteiger partial charge >= 0.3 is 0 Å². The van der Waals surface area contributed by atoms with Crippen molar-refractivity contribution in [2.24, 2.45) is 7.05 Å². The van der Waals surface area contributed by atoms with Crippen LogP contribution >= 0.6 is 0 Å². The van der Waals surface area contributed by atoms with Gasteiger partial charge < -0.3 is 14.4 Å². The number of nitro groups is 1. The van der Waals surface area contributed by atoms with E-state index in [1.807, 2.05) is 74.1 Å². The van der Waals surface area contributed by atoms with E-state index in [9.17, 15) is 19.7 Å². The summed E-state index contributed by atoms with van der Waals surface area (Å²) < 4.78 is 1.96. The number of hydrogen-bond acceptors (Lipinski definition) is 4. The van der Waals surface area contributed by atoms with Gasteiger partial charge in [0.05, 0.1) is 11.5 Å². The summed E-state index contributed by atoms with van der Waals surface area (Å²) in [4.78, 5) is 40.8. The topological polar surface area (TPSA) is 88.7 Å². The molecule has 1 unspecified atom stereocenters. The molecule has 1 atom stereocenters.